The van der Waals surface area contributed by atoms with Crippen molar-refractivity contribution < 1.29 is 106 Å². The average molecular weight is 1900 g/mol. The molecule has 0 aromatic heterocycles. The number of esters is 1. The minimum Gasteiger partial charge on any atom is -0.870 e. The number of aromatic carboxylic acids is 1. The van der Waals surface area contributed by atoms with Gasteiger partial charge in [-0.05, 0) is 220 Å². The fraction of sp³-hybridized carbons (Fsp3) is 0.495. The van der Waals surface area contributed by atoms with Crippen LogP contribution in [0.15, 0.2) is 124 Å². The Morgan fingerprint density at radius 2 is 0.664 bits per heavy atom. The quantitative estimate of drug-likeness (QED) is 0.00999. The number of carboxylic acids is 2. The fourth-order valence-corrected chi connectivity index (χ4v) is 12.8. The van der Waals surface area contributed by atoms with E-state index in [1.54, 1.807) is 98.7 Å². The fourth-order valence-electron chi connectivity index (χ4n) is 12.1. The van der Waals surface area contributed by atoms with Crippen LogP contribution in [0, 0.1) is 0 Å². The molecule has 37 heteroatoms. The number of rotatable bonds is 30. The SMILES string of the molecule is CCCN(CCCNC(=O)OC(C)(C)C)C(=O)C1=Cc2ccc(Br)cc2N=C(N)C1.CCCN(CCCNC(=O)OC(C)(C)C)C(=O)C1=Cc2ccc(C(=O)O)cc2N=C(N)C1.CCCN(CCCNC(=O)OC(C)(C)C)C(=O)C1=Cc2ccc(C(=O)OC)cc2N=C(N)C1.CCCNCCCNC(=O)OC(C)(C)C.NC1=Nc2cc(Br)ccc2C=C(C(=O)O)C1.[Li+].[OH-]. The summed E-state index contributed by atoms with van der Waals surface area (Å²) >= 11 is 6.77. The number of aliphatic carboxylic acids is 1. The van der Waals surface area contributed by atoms with Gasteiger partial charge in [-0.2, -0.15) is 0 Å². The molecule has 16 N–H and O–H groups in total. The Balaban J connectivity index is 0.000000556. The van der Waals surface area contributed by atoms with Crippen molar-refractivity contribution in [2.24, 2.45) is 42.9 Å². The summed E-state index contributed by atoms with van der Waals surface area (Å²) in [6.07, 6.45) is 12.3. The Hall–Kier alpha value is -10.9. The predicted molar refractivity (Wildman–Crippen MR) is 504 cm³/mol. The van der Waals surface area contributed by atoms with E-state index in [1.807, 2.05) is 105 Å². The van der Waals surface area contributed by atoms with Gasteiger partial charge in [0, 0.05) is 145 Å². The topological polar surface area (TPSA) is 511 Å². The number of nitrogens with one attached hydrogen (secondary N) is 5. The average Bonchev–Trinajstić information content (AvgIpc) is 1.69. The molecule has 0 saturated carbocycles. The smallest absolute Gasteiger partial charge is 0.870 e. The molecule has 4 aromatic rings. The number of benzene rings is 4. The number of carbonyl (C=O) groups is 10. The minimum atomic E-state index is -1.06. The molecule has 0 unspecified atom stereocenters. The Morgan fingerprint density at radius 1 is 0.383 bits per heavy atom. The molecule has 0 saturated heterocycles. The molecule has 128 heavy (non-hydrogen) atoms. The number of fused-ring (bicyclic) bond motifs is 4. The maximum absolute atomic E-state index is 13.3. The number of halogens is 2. The van der Waals surface area contributed by atoms with Crippen molar-refractivity contribution in [1.29, 1.82) is 0 Å². The van der Waals surface area contributed by atoms with Crippen LogP contribution in [-0.2, 0) is 42.9 Å². The van der Waals surface area contributed by atoms with Crippen LogP contribution in [0.25, 0.3) is 24.3 Å². The third-order valence-corrected chi connectivity index (χ3v) is 18.4. The number of ether oxygens (including phenoxy) is 5. The summed E-state index contributed by atoms with van der Waals surface area (Å²) in [5.41, 5.74) is 29.4. The van der Waals surface area contributed by atoms with Crippen LogP contribution >= 0.6 is 31.9 Å². The number of amides is 7. The van der Waals surface area contributed by atoms with Crippen LogP contribution in [0.4, 0.5) is 41.9 Å². The summed E-state index contributed by atoms with van der Waals surface area (Å²) in [4.78, 5) is 143. The third kappa shape index (κ3) is 43.7. The van der Waals surface area contributed by atoms with Crippen molar-refractivity contribution in [1.82, 2.24) is 41.3 Å². The van der Waals surface area contributed by atoms with Gasteiger partial charge >= 0.3 is 61.1 Å². The van der Waals surface area contributed by atoms with Gasteiger partial charge in [-0.25, -0.2) is 53.5 Å². The maximum Gasteiger partial charge on any atom is 1.00 e. The Morgan fingerprint density at radius 3 is 0.953 bits per heavy atom. The van der Waals surface area contributed by atoms with Gasteiger partial charge in [-0.3, -0.25) is 14.4 Å². The molecule has 0 aliphatic carbocycles. The van der Waals surface area contributed by atoms with Gasteiger partial charge in [0.25, 0.3) is 0 Å². The molecule has 8 rings (SSSR count). The standard InChI is InChI=1S/C24H34N4O5.C23H32N4O5.C22H31BrN4O3.C11H9BrN2O2.C11H24N2O2.Li.H2O/c1-6-11-28(12-7-10-26-23(31)33-24(2,3)4)21(29)18-13-16-8-9-17(22(30)32-5)14-19(16)27-20(25)15-18;1-5-10-27(11-6-9-25-22(31)32-23(2,3)4)20(28)17-12-15-7-8-16(21(29)30)13-18(15)26-19(24)14-17;1-5-10-27(11-6-9-25-21(29)30-22(2,3)4)20(28)16-12-15-7-8-17(23)14-18(15)26-19(24)13-16;12-8-2-1-6-3-7(11(15)16)4-10(13)14-9(6)5-8;1-5-7-12-8-6-9-13-10(14)15-11(2,3)4;;/h8-9,13-14H,6-7,10-12,15H2,1-5H3,(H2,25,27)(H,26,31);7-8,12-13H,5-6,9-11,14H2,1-4H3,(H2,24,26)(H,25,31)(H,29,30);7-8,12,14H,5-6,9-11,13H2,1-4H3,(H2,24,26)(H,25,29);1-3,5H,4H2,(H2,13,14)(H,15,16);12H,5-9H2,1-4H3,(H,13,14);;1H2/q;;;;;+1;/p-1. The van der Waals surface area contributed by atoms with Crippen LogP contribution in [0.5, 0.6) is 0 Å². The molecule has 4 heterocycles. The van der Waals surface area contributed by atoms with E-state index in [2.05, 4.69) is 85.3 Å². The van der Waals surface area contributed by atoms with Gasteiger partial charge in [-0.1, -0.05) is 83.8 Å². The molecule has 0 radical (unpaired) electrons. The van der Waals surface area contributed by atoms with Crippen LogP contribution in [0.1, 0.15) is 231 Å². The van der Waals surface area contributed by atoms with Crippen molar-refractivity contribution in [2.45, 2.75) is 210 Å². The monoisotopic (exact) mass is 1900 g/mol. The molecule has 0 bridgehead atoms. The van der Waals surface area contributed by atoms with E-state index in [1.165, 1.54) is 19.2 Å². The second-order valence-electron chi connectivity index (χ2n) is 33.6. The molecule has 34 nitrogen and oxygen atoms in total. The largest absolute Gasteiger partial charge is 1.00 e. The van der Waals surface area contributed by atoms with Crippen molar-refractivity contribution in [2.75, 3.05) is 85.6 Å². The van der Waals surface area contributed by atoms with E-state index >= 15 is 0 Å². The zero-order chi connectivity index (χ0) is 94.2. The van der Waals surface area contributed by atoms with Crippen molar-refractivity contribution >= 4 is 162 Å². The summed E-state index contributed by atoms with van der Waals surface area (Å²) in [7, 11) is 1.31. The second kappa shape index (κ2) is 55.7. The number of hydrogen-bond donors (Lipinski definition) is 11. The predicted octanol–water partition coefficient (Wildman–Crippen LogP) is 12.1. The molecule has 0 atom stereocenters. The zero-order valence-corrected chi connectivity index (χ0v) is 80.5. The molecule has 698 valence electrons. The summed E-state index contributed by atoms with van der Waals surface area (Å²) < 4.78 is 27.3. The van der Waals surface area contributed by atoms with E-state index in [9.17, 15) is 53.1 Å². The number of carbonyl (C=O) groups excluding carboxylic acids is 8. The normalized spacial score (nSPS) is 13.0. The summed E-state index contributed by atoms with van der Waals surface area (Å²) in [6, 6.07) is 20.7. The van der Waals surface area contributed by atoms with E-state index in [0.29, 0.717) is 159 Å². The maximum atomic E-state index is 13.3. The van der Waals surface area contributed by atoms with Crippen molar-refractivity contribution in [3.05, 3.63) is 137 Å². The first-order valence-corrected chi connectivity index (χ1v) is 43.7. The number of hydrogen-bond acceptors (Lipinski definition) is 25. The van der Waals surface area contributed by atoms with Crippen LogP contribution in [-0.4, -0.2) is 222 Å². The number of aliphatic imine (C=N–C) groups is 4. The molecule has 4 aromatic carbocycles. The summed E-state index contributed by atoms with van der Waals surface area (Å²) in [5.74, 6) is -1.57. The Labute approximate surface area is 781 Å². The summed E-state index contributed by atoms with van der Waals surface area (Å²) in [5, 5.41) is 32.3. The first-order chi connectivity index (χ1) is 59.1. The molecule has 0 spiro atoms. The number of methoxy groups -OCH3 is 1. The van der Waals surface area contributed by atoms with E-state index < -0.39 is 58.6 Å². The minimum absolute atomic E-state index is 0. The van der Waals surface area contributed by atoms with Gasteiger partial charge in [0.1, 0.15) is 45.7 Å². The first-order valence-electron chi connectivity index (χ1n) is 42.2. The molecule has 4 aliphatic heterocycles. The molecule has 0 fully saturated rings. The number of nitrogens with zero attached hydrogens (tertiary/aromatic N) is 7. The number of alkyl carbamates (subject to hydrolysis) is 4. The van der Waals surface area contributed by atoms with Gasteiger partial charge in [0.15, 0.2) is 0 Å². The summed E-state index contributed by atoms with van der Waals surface area (Å²) in [6.45, 7) is 37.0. The molecular weight excluding hydrogens is 1770 g/mol. The number of nitrogens with two attached hydrogens (primary N) is 4. The Kier molecular flexibility index (Phi) is 49.3. The molecular formula is C91H131Br2LiN16O18. The van der Waals surface area contributed by atoms with Crippen molar-refractivity contribution in [3.8, 4) is 0 Å². The van der Waals surface area contributed by atoms with Gasteiger partial charge < -0.3 is 104 Å². The van der Waals surface area contributed by atoms with Gasteiger partial charge in [-0.15, -0.1) is 0 Å². The van der Waals surface area contributed by atoms with Gasteiger partial charge in [0.05, 0.1) is 41.0 Å². The molecule has 4 aliphatic rings. The second-order valence-corrected chi connectivity index (χ2v) is 35.4. The first kappa shape index (κ1) is 113. The third-order valence-electron chi connectivity index (χ3n) is 17.5. The van der Waals surface area contributed by atoms with E-state index in [4.69, 9.17) is 51.7 Å². The number of carboxylic acid groups (broad SMARTS) is 2. The van der Waals surface area contributed by atoms with Crippen molar-refractivity contribution in [3.63, 3.8) is 0 Å². The van der Waals surface area contributed by atoms with Gasteiger partial charge in [0.2, 0.25) is 17.7 Å². The Bertz CT molecular complexity index is 4710. The van der Waals surface area contributed by atoms with E-state index in [-0.39, 0.29) is 84.4 Å². The van der Waals surface area contributed by atoms with E-state index in [0.717, 1.165) is 71.0 Å². The van der Waals surface area contributed by atoms with Crippen LogP contribution < -0.4 is 68.4 Å². The molecule has 7 amide bonds. The zero-order valence-electron chi connectivity index (χ0n) is 77.4. The number of amidine groups is 4. The van der Waals surface area contributed by atoms with Crippen LogP contribution in [0.3, 0.4) is 0 Å². The van der Waals surface area contributed by atoms with Crippen LogP contribution in [0.2, 0.25) is 0 Å².